The zero-order chi connectivity index (χ0) is 14.9. The summed E-state index contributed by atoms with van der Waals surface area (Å²) < 4.78 is 43.1. The summed E-state index contributed by atoms with van der Waals surface area (Å²) in [5, 5.41) is 3.27. The molecule has 2 unspecified atom stereocenters. The fourth-order valence-corrected chi connectivity index (χ4v) is 2.73. The van der Waals surface area contributed by atoms with E-state index in [9.17, 15) is 13.2 Å². The Morgan fingerprint density at radius 1 is 1.24 bits per heavy atom. The van der Waals surface area contributed by atoms with Crippen molar-refractivity contribution in [3.63, 3.8) is 0 Å². The van der Waals surface area contributed by atoms with Crippen molar-refractivity contribution in [2.75, 3.05) is 19.7 Å². The van der Waals surface area contributed by atoms with Crippen LogP contribution in [-0.2, 0) is 17.3 Å². The number of nitrogens with one attached hydrogen (secondary N) is 1. The van der Waals surface area contributed by atoms with E-state index in [1.54, 1.807) is 0 Å². The molecule has 2 heterocycles. The van der Waals surface area contributed by atoms with Crippen molar-refractivity contribution in [2.24, 2.45) is 10.9 Å². The van der Waals surface area contributed by atoms with Gasteiger partial charge in [0, 0.05) is 12.5 Å². The number of rotatable bonds is 3. The van der Waals surface area contributed by atoms with E-state index in [0.29, 0.717) is 18.9 Å². The molecular weight excluding hydrogens is 281 g/mol. The standard InChI is InChI=1S/C15H17F3N2O/c16-15(17,18)12-3-1-10(2-4-12)7-13-9-21-14(20-13)11-5-6-19-8-11/h1-4,11,13,19H,5-9H2. The smallest absolute Gasteiger partial charge is 0.416 e. The van der Waals surface area contributed by atoms with Crippen molar-refractivity contribution >= 4 is 5.90 Å². The van der Waals surface area contributed by atoms with Crippen LogP contribution in [0.5, 0.6) is 0 Å². The second kappa shape index (κ2) is 5.67. The third kappa shape index (κ3) is 3.37. The summed E-state index contributed by atoms with van der Waals surface area (Å²) in [6.07, 6.45) is -2.64. The summed E-state index contributed by atoms with van der Waals surface area (Å²) >= 11 is 0. The van der Waals surface area contributed by atoms with E-state index in [0.717, 1.165) is 43.1 Å². The average Bonchev–Trinajstić information content (AvgIpc) is 3.08. The Kier molecular flexibility index (Phi) is 3.89. The largest absolute Gasteiger partial charge is 0.478 e. The lowest BCUT2D eigenvalue weighted by Crippen LogP contribution is -2.17. The van der Waals surface area contributed by atoms with Crippen LogP contribution in [0.4, 0.5) is 13.2 Å². The number of aliphatic imine (C=N–C) groups is 1. The molecule has 0 spiro atoms. The van der Waals surface area contributed by atoms with Crippen LogP contribution in [0.25, 0.3) is 0 Å². The Hall–Kier alpha value is -1.56. The minimum atomic E-state index is -4.28. The van der Waals surface area contributed by atoms with E-state index in [1.807, 2.05) is 0 Å². The minimum Gasteiger partial charge on any atom is -0.478 e. The summed E-state index contributed by atoms with van der Waals surface area (Å²) in [4.78, 5) is 4.57. The molecule has 1 N–H and O–H groups in total. The van der Waals surface area contributed by atoms with Gasteiger partial charge in [-0.15, -0.1) is 0 Å². The zero-order valence-electron chi connectivity index (χ0n) is 11.5. The summed E-state index contributed by atoms with van der Waals surface area (Å²) in [7, 11) is 0. The molecule has 0 bridgehead atoms. The molecule has 2 aliphatic rings. The van der Waals surface area contributed by atoms with E-state index in [1.165, 1.54) is 12.1 Å². The van der Waals surface area contributed by atoms with Gasteiger partial charge in [-0.3, -0.25) is 0 Å². The SMILES string of the molecule is FC(F)(F)c1ccc(CC2COC(C3CCNC3)=N2)cc1. The van der Waals surface area contributed by atoms with Crippen LogP contribution in [0, 0.1) is 5.92 Å². The Balaban J connectivity index is 1.62. The van der Waals surface area contributed by atoms with Gasteiger partial charge in [0.15, 0.2) is 5.90 Å². The number of ether oxygens (including phenoxy) is 1. The molecule has 21 heavy (non-hydrogen) atoms. The first-order chi connectivity index (χ1) is 10.0. The fraction of sp³-hybridized carbons (Fsp3) is 0.533. The number of benzene rings is 1. The lowest BCUT2D eigenvalue weighted by molar-refractivity contribution is -0.137. The van der Waals surface area contributed by atoms with Crippen molar-refractivity contribution in [3.05, 3.63) is 35.4 Å². The number of alkyl halides is 3. The summed E-state index contributed by atoms with van der Waals surface area (Å²) in [5.74, 6) is 1.15. The van der Waals surface area contributed by atoms with Gasteiger partial charge in [-0.2, -0.15) is 13.2 Å². The molecule has 0 saturated carbocycles. The molecule has 2 aliphatic heterocycles. The Labute approximate surface area is 121 Å². The first kappa shape index (κ1) is 14.4. The highest BCUT2D eigenvalue weighted by molar-refractivity contribution is 5.80. The van der Waals surface area contributed by atoms with E-state index in [4.69, 9.17) is 4.74 Å². The molecule has 0 radical (unpaired) electrons. The van der Waals surface area contributed by atoms with Crippen LogP contribution in [0.3, 0.4) is 0 Å². The molecule has 3 nitrogen and oxygen atoms in total. The molecule has 1 fully saturated rings. The minimum absolute atomic E-state index is 0.0114. The van der Waals surface area contributed by atoms with Crippen LogP contribution < -0.4 is 5.32 Å². The molecule has 0 aromatic heterocycles. The quantitative estimate of drug-likeness (QED) is 0.931. The number of nitrogens with zero attached hydrogens (tertiary/aromatic N) is 1. The van der Waals surface area contributed by atoms with Crippen LogP contribution in [-0.4, -0.2) is 31.6 Å². The predicted octanol–water partition coefficient (Wildman–Crippen LogP) is 2.65. The molecule has 0 aliphatic carbocycles. The van der Waals surface area contributed by atoms with Gasteiger partial charge in [-0.25, -0.2) is 4.99 Å². The molecule has 1 aromatic rings. The molecule has 3 rings (SSSR count). The molecule has 1 saturated heterocycles. The van der Waals surface area contributed by atoms with Gasteiger partial charge in [-0.1, -0.05) is 12.1 Å². The van der Waals surface area contributed by atoms with E-state index in [-0.39, 0.29) is 6.04 Å². The fourth-order valence-electron chi connectivity index (χ4n) is 2.73. The highest BCUT2D eigenvalue weighted by Gasteiger charge is 2.31. The summed E-state index contributed by atoms with van der Waals surface area (Å²) in [5.41, 5.74) is 0.237. The van der Waals surface area contributed by atoms with Crippen molar-refractivity contribution in [1.29, 1.82) is 0 Å². The molecular formula is C15H17F3N2O. The molecule has 0 amide bonds. The third-order valence-electron chi connectivity index (χ3n) is 3.90. The summed E-state index contributed by atoms with van der Waals surface area (Å²) in [6.45, 7) is 2.40. The van der Waals surface area contributed by atoms with E-state index >= 15 is 0 Å². The van der Waals surface area contributed by atoms with Gasteiger partial charge >= 0.3 is 6.18 Å². The second-order valence-corrected chi connectivity index (χ2v) is 5.52. The predicted molar refractivity (Wildman–Crippen MR) is 73.3 cm³/mol. The highest BCUT2D eigenvalue weighted by atomic mass is 19.4. The van der Waals surface area contributed by atoms with Gasteiger partial charge in [0.25, 0.3) is 0 Å². The molecule has 114 valence electrons. The topological polar surface area (TPSA) is 33.6 Å². The van der Waals surface area contributed by atoms with Gasteiger partial charge in [0.2, 0.25) is 0 Å². The van der Waals surface area contributed by atoms with Gasteiger partial charge in [-0.05, 0) is 37.1 Å². The van der Waals surface area contributed by atoms with Gasteiger partial charge in [0.1, 0.15) is 6.61 Å². The maximum Gasteiger partial charge on any atom is 0.416 e. The second-order valence-electron chi connectivity index (χ2n) is 5.52. The van der Waals surface area contributed by atoms with Crippen LogP contribution in [0.15, 0.2) is 29.3 Å². The van der Waals surface area contributed by atoms with Crippen molar-refractivity contribution in [3.8, 4) is 0 Å². The number of hydrogen-bond acceptors (Lipinski definition) is 3. The van der Waals surface area contributed by atoms with Crippen molar-refractivity contribution < 1.29 is 17.9 Å². The molecule has 6 heteroatoms. The van der Waals surface area contributed by atoms with Crippen LogP contribution >= 0.6 is 0 Å². The van der Waals surface area contributed by atoms with Crippen LogP contribution in [0.2, 0.25) is 0 Å². The Morgan fingerprint density at radius 2 is 2.00 bits per heavy atom. The van der Waals surface area contributed by atoms with Crippen LogP contribution in [0.1, 0.15) is 17.5 Å². The van der Waals surface area contributed by atoms with Gasteiger partial charge in [0.05, 0.1) is 11.6 Å². The summed E-state index contributed by atoms with van der Waals surface area (Å²) in [6, 6.07) is 5.30. The number of hydrogen-bond donors (Lipinski definition) is 1. The average molecular weight is 298 g/mol. The lowest BCUT2D eigenvalue weighted by atomic mass is 10.0. The molecule has 2 atom stereocenters. The monoisotopic (exact) mass is 298 g/mol. The zero-order valence-corrected chi connectivity index (χ0v) is 11.5. The molecule has 1 aromatic carbocycles. The third-order valence-corrected chi connectivity index (χ3v) is 3.90. The number of halogens is 3. The first-order valence-corrected chi connectivity index (χ1v) is 7.10. The maximum atomic E-state index is 12.5. The Morgan fingerprint density at radius 3 is 2.62 bits per heavy atom. The highest BCUT2D eigenvalue weighted by Crippen LogP contribution is 2.29. The van der Waals surface area contributed by atoms with Gasteiger partial charge < -0.3 is 10.1 Å². The maximum absolute atomic E-state index is 12.5. The van der Waals surface area contributed by atoms with E-state index in [2.05, 4.69) is 10.3 Å². The lowest BCUT2D eigenvalue weighted by Gasteiger charge is -2.08. The van der Waals surface area contributed by atoms with Crippen molar-refractivity contribution in [2.45, 2.75) is 25.1 Å². The Bertz CT molecular complexity index is 519. The first-order valence-electron chi connectivity index (χ1n) is 7.10. The normalized spacial score (nSPS) is 25.8. The van der Waals surface area contributed by atoms with Crippen molar-refractivity contribution in [1.82, 2.24) is 5.32 Å². The van der Waals surface area contributed by atoms with E-state index < -0.39 is 11.7 Å².